The molecule has 0 aliphatic carbocycles. The number of aromatic amines is 2. The zero-order valence-corrected chi connectivity index (χ0v) is 8.35. The largest absolute Gasteiger partial charge is 0.337 e. The van der Waals surface area contributed by atoms with Crippen LogP contribution in [0, 0.1) is 0 Å². The number of amides is 2. The quantitative estimate of drug-likeness (QED) is 0.524. The van der Waals surface area contributed by atoms with Crippen molar-refractivity contribution in [1.29, 1.82) is 0 Å². The molecule has 0 bridgehead atoms. The summed E-state index contributed by atoms with van der Waals surface area (Å²) >= 11 is 5.34. The fraction of sp³-hybridized carbons (Fsp3) is 0.286. The third-order valence-corrected chi connectivity index (χ3v) is 1.64. The SMILES string of the molecule is O=C(NCCCl)Nc1c[nH]c(=O)[nH]c1=O. The lowest BCUT2D eigenvalue weighted by Gasteiger charge is -2.04. The summed E-state index contributed by atoms with van der Waals surface area (Å²) in [6.45, 7) is 0.286. The number of alkyl halides is 1. The number of nitrogens with one attached hydrogen (secondary N) is 4. The van der Waals surface area contributed by atoms with Crippen molar-refractivity contribution in [2.45, 2.75) is 0 Å². The summed E-state index contributed by atoms with van der Waals surface area (Å²) < 4.78 is 0. The first-order chi connectivity index (χ1) is 7.13. The molecule has 0 radical (unpaired) electrons. The van der Waals surface area contributed by atoms with Crippen LogP contribution in [0.5, 0.6) is 0 Å². The zero-order chi connectivity index (χ0) is 11.3. The molecule has 7 nitrogen and oxygen atoms in total. The van der Waals surface area contributed by atoms with Gasteiger partial charge in [-0.1, -0.05) is 0 Å². The first kappa shape index (κ1) is 11.3. The van der Waals surface area contributed by atoms with Gasteiger partial charge in [-0.25, -0.2) is 9.59 Å². The average molecular weight is 233 g/mol. The molecule has 0 spiro atoms. The number of hydrogen-bond acceptors (Lipinski definition) is 3. The number of halogens is 1. The van der Waals surface area contributed by atoms with E-state index < -0.39 is 17.3 Å². The molecule has 0 aliphatic rings. The zero-order valence-electron chi connectivity index (χ0n) is 7.59. The van der Waals surface area contributed by atoms with Crippen LogP contribution in [0.25, 0.3) is 0 Å². The Labute approximate surface area is 88.9 Å². The second-order valence-corrected chi connectivity index (χ2v) is 2.93. The van der Waals surface area contributed by atoms with Crippen LogP contribution in [0.15, 0.2) is 15.8 Å². The maximum Gasteiger partial charge on any atom is 0.325 e. The van der Waals surface area contributed by atoms with Crippen LogP contribution in [0.3, 0.4) is 0 Å². The predicted molar refractivity (Wildman–Crippen MR) is 55.4 cm³/mol. The van der Waals surface area contributed by atoms with Crippen molar-refractivity contribution >= 4 is 23.3 Å². The molecule has 0 atom stereocenters. The fourth-order valence-electron chi connectivity index (χ4n) is 0.830. The van der Waals surface area contributed by atoms with Crippen LogP contribution < -0.4 is 21.9 Å². The van der Waals surface area contributed by atoms with Crippen LogP contribution >= 0.6 is 11.6 Å². The highest BCUT2D eigenvalue weighted by molar-refractivity contribution is 6.18. The second-order valence-electron chi connectivity index (χ2n) is 2.56. The molecule has 0 fully saturated rings. The number of urea groups is 1. The molecular formula is C7H9ClN4O3. The van der Waals surface area contributed by atoms with E-state index in [1.165, 1.54) is 0 Å². The molecule has 8 heteroatoms. The number of aromatic nitrogens is 2. The molecule has 15 heavy (non-hydrogen) atoms. The monoisotopic (exact) mass is 232 g/mol. The van der Waals surface area contributed by atoms with E-state index in [9.17, 15) is 14.4 Å². The van der Waals surface area contributed by atoms with Gasteiger partial charge in [0.25, 0.3) is 5.56 Å². The van der Waals surface area contributed by atoms with Crippen LogP contribution in [-0.2, 0) is 0 Å². The summed E-state index contributed by atoms with van der Waals surface area (Å²) in [5, 5.41) is 4.65. The number of hydrogen-bond donors (Lipinski definition) is 4. The summed E-state index contributed by atoms with van der Waals surface area (Å²) in [5.74, 6) is 0.273. The Morgan fingerprint density at radius 1 is 1.47 bits per heavy atom. The van der Waals surface area contributed by atoms with Gasteiger partial charge in [0.05, 0.1) is 0 Å². The minimum atomic E-state index is -0.667. The molecule has 82 valence electrons. The van der Waals surface area contributed by atoms with Crippen molar-refractivity contribution in [1.82, 2.24) is 15.3 Å². The van der Waals surface area contributed by atoms with E-state index in [4.69, 9.17) is 11.6 Å². The van der Waals surface area contributed by atoms with E-state index in [0.29, 0.717) is 0 Å². The maximum atomic E-state index is 11.1. The predicted octanol–water partition coefficient (Wildman–Crippen LogP) is -0.577. The second kappa shape index (κ2) is 5.20. The molecule has 1 aromatic heterocycles. The molecule has 0 saturated heterocycles. The van der Waals surface area contributed by atoms with E-state index in [1.807, 2.05) is 4.98 Å². The highest BCUT2D eigenvalue weighted by Gasteiger charge is 2.04. The summed E-state index contributed by atoms with van der Waals surface area (Å²) in [6.07, 6.45) is 1.11. The van der Waals surface area contributed by atoms with Gasteiger partial charge in [-0.05, 0) is 0 Å². The van der Waals surface area contributed by atoms with Gasteiger partial charge in [-0.15, -0.1) is 11.6 Å². The van der Waals surface area contributed by atoms with Crippen molar-refractivity contribution < 1.29 is 4.79 Å². The summed E-state index contributed by atoms with van der Waals surface area (Å²) in [7, 11) is 0. The number of rotatable bonds is 3. The van der Waals surface area contributed by atoms with E-state index in [0.717, 1.165) is 6.20 Å². The van der Waals surface area contributed by atoms with Crippen molar-refractivity contribution in [2.24, 2.45) is 0 Å². The lowest BCUT2D eigenvalue weighted by molar-refractivity contribution is 0.252. The molecule has 0 aliphatic heterocycles. The summed E-state index contributed by atoms with van der Waals surface area (Å²) in [6, 6.07) is -0.562. The maximum absolute atomic E-state index is 11.1. The summed E-state index contributed by atoms with van der Waals surface area (Å²) in [4.78, 5) is 37.0. The number of carbonyl (C=O) groups excluding carboxylic acids is 1. The van der Waals surface area contributed by atoms with Gasteiger partial charge in [-0.2, -0.15) is 0 Å². The lowest BCUT2D eigenvalue weighted by atomic mass is 10.5. The Bertz CT molecular complexity index is 452. The van der Waals surface area contributed by atoms with Gasteiger partial charge in [0, 0.05) is 18.6 Å². The Balaban J connectivity index is 2.69. The van der Waals surface area contributed by atoms with Crippen molar-refractivity contribution in [3.8, 4) is 0 Å². The number of carbonyl (C=O) groups is 1. The van der Waals surface area contributed by atoms with Gasteiger partial charge >= 0.3 is 11.7 Å². The molecule has 1 rings (SSSR count). The molecule has 0 aromatic carbocycles. The van der Waals surface area contributed by atoms with Crippen molar-refractivity contribution in [2.75, 3.05) is 17.7 Å². The van der Waals surface area contributed by atoms with E-state index in [1.54, 1.807) is 0 Å². The van der Waals surface area contributed by atoms with Crippen LogP contribution in [0.4, 0.5) is 10.5 Å². The Morgan fingerprint density at radius 3 is 2.80 bits per heavy atom. The smallest absolute Gasteiger partial charge is 0.325 e. The first-order valence-corrected chi connectivity index (χ1v) is 4.60. The molecular weight excluding hydrogens is 224 g/mol. The first-order valence-electron chi connectivity index (χ1n) is 4.06. The Kier molecular flexibility index (Phi) is 3.92. The van der Waals surface area contributed by atoms with E-state index in [-0.39, 0.29) is 18.1 Å². The molecule has 0 unspecified atom stereocenters. The number of H-pyrrole nitrogens is 2. The number of anilines is 1. The minimum absolute atomic E-state index is 0.0401. The van der Waals surface area contributed by atoms with Gasteiger partial charge in [0.2, 0.25) is 0 Å². The summed E-state index contributed by atoms with van der Waals surface area (Å²) in [5.41, 5.74) is -1.34. The third-order valence-electron chi connectivity index (χ3n) is 1.45. The standard InChI is InChI=1S/C7H9ClN4O3/c8-1-2-9-6(14)11-4-3-10-7(15)12-5(4)13/h3H,1-2H2,(H2,9,11,14)(H2,10,12,13,15). The van der Waals surface area contributed by atoms with Crippen molar-refractivity contribution in [3.63, 3.8) is 0 Å². The highest BCUT2D eigenvalue weighted by atomic mass is 35.5. The third kappa shape index (κ3) is 3.47. The van der Waals surface area contributed by atoms with E-state index in [2.05, 4.69) is 15.6 Å². The van der Waals surface area contributed by atoms with Gasteiger partial charge in [-0.3, -0.25) is 9.78 Å². The van der Waals surface area contributed by atoms with Crippen molar-refractivity contribution in [3.05, 3.63) is 27.0 Å². The van der Waals surface area contributed by atoms with E-state index >= 15 is 0 Å². The normalized spacial score (nSPS) is 9.67. The van der Waals surface area contributed by atoms with Crippen LogP contribution in [-0.4, -0.2) is 28.4 Å². The molecule has 2 amide bonds. The molecule has 1 aromatic rings. The minimum Gasteiger partial charge on any atom is -0.337 e. The molecule has 1 heterocycles. The Morgan fingerprint density at radius 2 is 2.20 bits per heavy atom. The topological polar surface area (TPSA) is 107 Å². The van der Waals surface area contributed by atoms with Gasteiger partial charge in [0.15, 0.2) is 0 Å². The highest BCUT2D eigenvalue weighted by Crippen LogP contribution is 1.90. The fourth-order valence-corrected chi connectivity index (χ4v) is 0.924. The van der Waals surface area contributed by atoms with Gasteiger partial charge in [0.1, 0.15) is 5.69 Å². The lowest BCUT2D eigenvalue weighted by Crippen LogP contribution is -2.33. The molecule has 4 N–H and O–H groups in total. The van der Waals surface area contributed by atoms with Crippen LogP contribution in [0.1, 0.15) is 0 Å². The molecule has 0 saturated carbocycles. The van der Waals surface area contributed by atoms with Gasteiger partial charge < -0.3 is 15.6 Å². The van der Waals surface area contributed by atoms with Crippen LogP contribution in [0.2, 0.25) is 0 Å². The average Bonchev–Trinajstić information content (AvgIpc) is 2.19. The Hall–Kier alpha value is -1.76.